The van der Waals surface area contributed by atoms with E-state index < -0.39 is 24.6 Å². The van der Waals surface area contributed by atoms with Crippen molar-refractivity contribution in [2.45, 2.75) is 26.6 Å². The summed E-state index contributed by atoms with van der Waals surface area (Å²) in [6, 6.07) is 4.39. The Balaban J connectivity index is 1.80. The molecule has 0 saturated heterocycles. The zero-order chi connectivity index (χ0) is 20.0. The topological polar surface area (TPSA) is 93.5 Å². The Kier molecular flexibility index (Phi) is 6.43. The van der Waals surface area contributed by atoms with Crippen molar-refractivity contribution in [3.63, 3.8) is 0 Å². The summed E-state index contributed by atoms with van der Waals surface area (Å²) in [5, 5.41) is 5.01. The lowest BCUT2D eigenvalue weighted by Gasteiger charge is -2.10. The Hall–Kier alpha value is -3.04. The number of furan rings is 1. The van der Waals surface area contributed by atoms with Gasteiger partial charge in [-0.15, -0.1) is 0 Å². The summed E-state index contributed by atoms with van der Waals surface area (Å²) >= 11 is 0. The van der Waals surface area contributed by atoms with Crippen LogP contribution in [0.1, 0.15) is 27.4 Å². The second kappa shape index (κ2) is 8.56. The predicted molar refractivity (Wildman–Crippen MR) is 88.1 cm³/mol. The average Bonchev–Trinajstić information content (AvgIpc) is 2.94. The van der Waals surface area contributed by atoms with Crippen LogP contribution in [0.3, 0.4) is 0 Å². The molecular formula is C17H18F3N3O4. The van der Waals surface area contributed by atoms with E-state index in [9.17, 15) is 22.8 Å². The lowest BCUT2D eigenvalue weighted by molar-refractivity contribution is -0.154. The van der Waals surface area contributed by atoms with Gasteiger partial charge in [-0.3, -0.25) is 9.59 Å². The molecule has 2 amide bonds. The van der Waals surface area contributed by atoms with E-state index in [0.29, 0.717) is 22.6 Å². The largest absolute Gasteiger partial charge is 0.468 e. The highest BCUT2D eigenvalue weighted by Gasteiger charge is 2.28. The van der Waals surface area contributed by atoms with Gasteiger partial charge in [-0.25, -0.2) is 4.98 Å². The normalized spacial score (nSPS) is 11.1. The van der Waals surface area contributed by atoms with Crippen LogP contribution in [-0.4, -0.2) is 36.1 Å². The molecule has 2 aromatic rings. The number of pyridine rings is 1. The summed E-state index contributed by atoms with van der Waals surface area (Å²) in [7, 11) is 0. The quantitative estimate of drug-likeness (QED) is 0.763. The minimum atomic E-state index is -4.46. The third-order valence-corrected chi connectivity index (χ3v) is 3.37. The molecule has 0 unspecified atom stereocenters. The lowest BCUT2D eigenvalue weighted by Crippen LogP contribution is -2.36. The number of carbonyl (C=O) groups is 2. The summed E-state index contributed by atoms with van der Waals surface area (Å²) in [6.45, 7) is 1.69. The van der Waals surface area contributed by atoms with E-state index >= 15 is 0 Å². The molecule has 27 heavy (non-hydrogen) atoms. The molecule has 0 aliphatic rings. The van der Waals surface area contributed by atoms with Crippen molar-refractivity contribution in [2.75, 3.05) is 13.2 Å². The van der Waals surface area contributed by atoms with E-state index in [4.69, 9.17) is 4.42 Å². The molecule has 2 N–H and O–H groups in total. The van der Waals surface area contributed by atoms with Crippen LogP contribution in [-0.2, 0) is 11.3 Å². The highest BCUT2D eigenvalue weighted by Crippen LogP contribution is 2.17. The van der Waals surface area contributed by atoms with Gasteiger partial charge in [0.25, 0.3) is 5.91 Å². The van der Waals surface area contributed by atoms with Crippen LogP contribution >= 0.6 is 0 Å². The van der Waals surface area contributed by atoms with Gasteiger partial charge in [-0.05, 0) is 31.5 Å². The van der Waals surface area contributed by atoms with Crippen molar-refractivity contribution in [2.24, 2.45) is 0 Å². The zero-order valence-corrected chi connectivity index (χ0v) is 14.6. The number of carbonyl (C=O) groups excluding carboxylic acids is 2. The monoisotopic (exact) mass is 385 g/mol. The first kappa shape index (κ1) is 20.3. The Bertz CT molecular complexity index is 818. The number of rotatable bonds is 7. The Morgan fingerprint density at radius 3 is 2.59 bits per heavy atom. The Morgan fingerprint density at radius 1 is 1.22 bits per heavy atom. The maximum absolute atomic E-state index is 12.1. The zero-order valence-electron chi connectivity index (χ0n) is 14.6. The number of ether oxygens (including phenoxy) is 1. The van der Waals surface area contributed by atoms with Gasteiger partial charge in [-0.2, -0.15) is 13.2 Å². The van der Waals surface area contributed by atoms with Crippen molar-refractivity contribution >= 4 is 11.8 Å². The van der Waals surface area contributed by atoms with E-state index in [1.54, 1.807) is 19.9 Å². The third kappa shape index (κ3) is 6.65. The van der Waals surface area contributed by atoms with Crippen LogP contribution in [0.15, 0.2) is 28.8 Å². The van der Waals surface area contributed by atoms with Crippen molar-refractivity contribution < 1.29 is 31.9 Å². The van der Waals surface area contributed by atoms with E-state index in [2.05, 4.69) is 20.4 Å². The first-order chi connectivity index (χ1) is 12.6. The minimum absolute atomic E-state index is 0.0451. The number of amides is 2. The Morgan fingerprint density at radius 2 is 1.96 bits per heavy atom. The van der Waals surface area contributed by atoms with Gasteiger partial charge in [0.1, 0.15) is 11.5 Å². The lowest BCUT2D eigenvalue weighted by atomic mass is 10.2. The summed E-state index contributed by atoms with van der Waals surface area (Å²) in [6.07, 6.45) is -3.19. The molecule has 146 valence electrons. The number of aryl methyl sites for hydroxylation is 2. The van der Waals surface area contributed by atoms with Crippen molar-refractivity contribution in [3.8, 4) is 5.88 Å². The number of alkyl halides is 3. The molecule has 7 nitrogen and oxygen atoms in total. The maximum Gasteiger partial charge on any atom is 0.422 e. The van der Waals surface area contributed by atoms with E-state index in [1.165, 1.54) is 18.3 Å². The molecule has 2 heterocycles. The first-order valence-electron chi connectivity index (χ1n) is 7.90. The molecule has 0 aliphatic carbocycles. The molecule has 0 bridgehead atoms. The molecule has 2 rings (SSSR count). The van der Waals surface area contributed by atoms with Crippen molar-refractivity contribution in [1.29, 1.82) is 0 Å². The van der Waals surface area contributed by atoms with Gasteiger partial charge in [0, 0.05) is 18.8 Å². The maximum atomic E-state index is 12.1. The molecule has 0 atom stereocenters. The molecule has 0 aromatic carbocycles. The standard InChI is InChI=1S/C17H18F3N3O4/c1-10-5-13(11(2)27-10)16(25)23-8-14(24)22-7-12-3-4-21-15(6-12)26-9-17(18,19)20/h3-6H,7-9H2,1-2H3,(H,22,24)(H,23,25). The van der Waals surface area contributed by atoms with Crippen LogP contribution in [0.4, 0.5) is 13.2 Å². The highest BCUT2D eigenvalue weighted by molar-refractivity contribution is 5.97. The van der Waals surface area contributed by atoms with Gasteiger partial charge in [-0.1, -0.05) is 0 Å². The minimum Gasteiger partial charge on any atom is -0.468 e. The van der Waals surface area contributed by atoms with Crippen LogP contribution in [0, 0.1) is 13.8 Å². The van der Waals surface area contributed by atoms with Gasteiger partial charge < -0.3 is 19.8 Å². The smallest absolute Gasteiger partial charge is 0.422 e. The second-order valence-electron chi connectivity index (χ2n) is 5.69. The third-order valence-electron chi connectivity index (χ3n) is 3.37. The van der Waals surface area contributed by atoms with Gasteiger partial charge in [0.2, 0.25) is 11.8 Å². The fourth-order valence-electron chi connectivity index (χ4n) is 2.17. The van der Waals surface area contributed by atoms with E-state index in [-0.39, 0.29) is 19.0 Å². The second-order valence-corrected chi connectivity index (χ2v) is 5.69. The Labute approximate surface area is 152 Å². The summed E-state index contributed by atoms with van der Waals surface area (Å²) < 4.78 is 46.2. The summed E-state index contributed by atoms with van der Waals surface area (Å²) in [5.74, 6) is -0.0582. The summed E-state index contributed by atoms with van der Waals surface area (Å²) in [4.78, 5) is 27.5. The molecule has 10 heteroatoms. The van der Waals surface area contributed by atoms with Crippen molar-refractivity contribution in [1.82, 2.24) is 15.6 Å². The fraction of sp³-hybridized carbons (Fsp3) is 0.353. The number of halogens is 3. The van der Waals surface area contributed by atoms with E-state index in [1.807, 2.05) is 0 Å². The van der Waals surface area contributed by atoms with Gasteiger partial charge in [0.05, 0.1) is 12.1 Å². The summed E-state index contributed by atoms with van der Waals surface area (Å²) in [5.41, 5.74) is 0.851. The van der Waals surface area contributed by atoms with Crippen LogP contribution in [0.2, 0.25) is 0 Å². The molecule has 0 spiro atoms. The number of hydrogen-bond acceptors (Lipinski definition) is 5. The van der Waals surface area contributed by atoms with Gasteiger partial charge in [0.15, 0.2) is 6.61 Å². The van der Waals surface area contributed by atoms with Crippen molar-refractivity contribution in [3.05, 3.63) is 47.0 Å². The molecule has 0 saturated carbocycles. The number of aromatic nitrogens is 1. The number of nitrogens with zero attached hydrogens (tertiary/aromatic N) is 1. The van der Waals surface area contributed by atoms with E-state index in [0.717, 1.165) is 0 Å². The molecular weight excluding hydrogens is 367 g/mol. The first-order valence-corrected chi connectivity index (χ1v) is 7.90. The van der Waals surface area contributed by atoms with Crippen LogP contribution < -0.4 is 15.4 Å². The number of nitrogens with one attached hydrogen (secondary N) is 2. The SMILES string of the molecule is Cc1cc(C(=O)NCC(=O)NCc2ccnc(OCC(F)(F)F)c2)c(C)o1. The molecule has 0 radical (unpaired) electrons. The van der Waals surface area contributed by atoms with Crippen LogP contribution in [0.25, 0.3) is 0 Å². The van der Waals surface area contributed by atoms with Gasteiger partial charge >= 0.3 is 6.18 Å². The molecule has 0 aliphatic heterocycles. The number of hydrogen-bond donors (Lipinski definition) is 2. The molecule has 2 aromatic heterocycles. The molecule has 0 fully saturated rings. The average molecular weight is 385 g/mol. The fourth-order valence-corrected chi connectivity index (χ4v) is 2.17. The highest BCUT2D eigenvalue weighted by atomic mass is 19.4. The predicted octanol–water partition coefficient (Wildman–Crippen LogP) is 2.28. The van der Waals surface area contributed by atoms with Crippen LogP contribution in [0.5, 0.6) is 5.88 Å².